The fraction of sp³-hybridized carbons (Fsp3) is 0.765. The van der Waals surface area contributed by atoms with Gasteiger partial charge in [-0.15, -0.1) is 10.2 Å². The quantitative estimate of drug-likeness (QED) is 0.886. The first-order valence-electron chi connectivity index (χ1n) is 9.43. The second kappa shape index (κ2) is 7.27. The summed E-state index contributed by atoms with van der Waals surface area (Å²) < 4.78 is 0. The molecule has 7 nitrogen and oxygen atoms in total. The van der Waals surface area contributed by atoms with E-state index in [2.05, 4.69) is 20.4 Å². The van der Waals surface area contributed by atoms with Gasteiger partial charge in [0.25, 0.3) is 0 Å². The van der Waals surface area contributed by atoms with E-state index in [0.29, 0.717) is 17.6 Å². The van der Waals surface area contributed by atoms with Crippen LogP contribution in [-0.4, -0.2) is 47.2 Å². The van der Waals surface area contributed by atoms with Crippen molar-refractivity contribution in [2.45, 2.75) is 69.9 Å². The van der Waals surface area contributed by atoms with Crippen LogP contribution in [0.2, 0.25) is 0 Å². The number of nitrogens with zero attached hydrogens (tertiary/aromatic N) is 4. The third-order valence-electron chi connectivity index (χ3n) is 5.46. The summed E-state index contributed by atoms with van der Waals surface area (Å²) in [6.07, 6.45) is 9.21. The van der Waals surface area contributed by atoms with Gasteiger partial charge in [0.1, 0.15) is 6.04 Å². The molecular weight excluding hydrogens is 338 g/mol. The molecule has 2 amide bonds. The molecule has 0 radical (unpaired) electrons. The Morgan fingerprint density at radius 1 is 1.00 bits per heavy atom. The first-order chi connectivity index (χ1) is 12.2. The molecule has 3 fully saturated rings. The molecule has 0 spiro atoms. The molecule has 3 heterocycles. The highest BCUT2D eigenvalue weighted by Gasteiger charge is 2.35. The lowest BCUT2D eigenvalue weighted by atomic mass is 9.95. The summed E-state index contributed by atoms with van der Waals surface area (Å²) in [5, 5.41) is 13.1. The first-order valence-corrected chi connectivity index (χ1v) is 10.2. The number of aromatic nitrogens is 2. The van der Waals surface area contributed by atoms with Crippen LogP contribution in [0.1, 0.15) is 57.8 Å². The Morgan fingerprint density at radius 3 is 2.56 bits per heavy atom. The van der Waals surface area contributed by atoms with Gasteiger partial charge in [0.2, 0.25) is 22.1 Å². The molecule has 1 atom stereocenters. The molecule has 0 aromatic carbocycles. The van der Waals surface area contributed by atoms with E-state index in [9.17, 15) is 9.59 Å². The lowest BCUT2D eigenvalue weighted by molar-refractivity contribution is -0.123. The third-order valence-corrected chi connectivity index (χ3v) is 6.44. The molecule has 1 aromatic heterocycles. The zero-order chi connectivity index (χ0) is 17.2. The van der Waals surface area contributed by atoms with Crippen molar-refractivity contribution in [2.24, 2.45) is 0 Å². The molecule has 1 saturated carbocycles. The number of hydrogen-bond acceptors (Lipinski definition) is 6. The second-order valence-electron chi connectivity index (χ2n) is 7.21. The van der Waals surface area contributed by atoms with Crippen molar-refractivity contribution in [1.82, 2.24) is 15.5 Å². The SMILES string of the molecule is O=C(NC1CCCCC1)[C@@H]1CCCN1c1nnc(N2CCCC2=O)s1. The maximum Gasteiger partial charge on any atom is 0.243 e. The van der Waals surface area contributed by atoms with Gasteiger partial charge in [-0.25, -0.2) is 0 Å². The molecule has 0 unspecified atom stereocenters. The van der Waals surface area contributed by atoms with Crippen molar-refractivity contribution in [2.75, 3.05) is 22.9 Å². The molecule has 1 aromatic rings. The number of nitrogens with one attached hydrogen (secondary N) is 1. The predicted octanol–water partition coefficient (Wildman–Crippen LogP) is 2.08. The van der Waals surface area contributed by atoms with E-state index in [1.54, 1.807) is 4.90 Å². The van der Waals surface area contributed by atoms with Gasteiger partial charge in [-0.1, -0.05) is 30.6 Å². The summed E-state index contributed by atoms with van der Waals surface area (Å²) in [6.45, 7) is 1.55. The summed E-state index contributed by atoms with van der Waals surface area (Å²) in [6, 6.07) is 0.174. The minimum Gasteiger partial charge on any atom is -0.352 e. The highest BCUT2D eigenvalue weighted by Crippen LogP contribution is 2.34. The molecule has 8 heteroatoms. The summed E-state index contributed by atoms with van der Waals surface area (Å²) in [7, 11) is 0. The third kappa shape index (κ3) is 3.49. The predicted molar refractivity (Wildman–Crippen MR) is 96.9 cm³/mol. The van der Waals surface area contributed by atoms with Crippen molar-refractivity contribution in [3.05, 3.63) is 0 Å². The molecule has 3 aliphatic rings. The molecule has 0 bridgehead atoms. The lowest BCUT2D eigenvalue weighted by Gasteiger charge is -2.27. The van der Waals surface area contributed by atoms with E-state index in [4.69, 9.17) is 0 Å². The van der Waals surface area contributed by atoms with Crippen molar-refractivity contribution < 1.29 is 9.59 Å². The van der Waals surface area contributed by atoms with Crippen LogP contribution in [0.15, 0.2) is 0 Å². The normalized spacial score (nSPS) is 25.0. The van der Waals surface area contributed by atoms with Gasteiger partial charge in [0, 0.05) is 25.6 Å². The van der Waals surface area contributed by atoms with Crippen LogP contribution in [0.5, 0.6) is 0 Å². The smallest absolute Gasteiger partial charge is 0.243 e. The number of rotatable bonds is 4. The van der Waals surface area contributed by atoms with Crippen LogP contribution >= 0.6 is 11.3 Å². The van der Waals surface area contributed by atoms with Gasteiger partial charge in [0.05, 0.1) is 0 Å². The van der Waals surface area contributed by atoms with Crippen LogP contribution in [-0.2, 0) is 9.59 Å². The van der Waals surface area contributed by atoms with Crippen LogP contribution in [0, 0.1) is 0 Å². The Labute approximate surface area is 151 Å². The lowest BCUT2D eigenvalue weighted by Crippen LogP contribution is -2.47. The number of carbonyl (C=O) groups is 2. The minimum absolute atomic E-state index is 0.121. The monoisotopic (exact) mass is 363 g/mol. The maximum atomic E-state index is 12.8. The van der Waals surface area contributed by atoms with Crippen LogP contribution in [0.25, 0.3) is 0 Å². The molecule has 1 N–H and O–H groups in total. The number of hydrogen-bond donors (Lipinski definition) is 1. The average Bonchev–Trinajstić information content (AvgIpc) is 3.35. The van der Waals surface area contributed by atoms with Crippen LogP contribution in [0.4, 0.5) is 10.3 Å². The number of amides is 2. The highest BCUT2D eigenvalue weighted by molar-refractivity contribution is 7.19. The van der Waals surface area contributed by atoms with E-state index in [-0.39, 0.29) is 17.9 Å². The van der Waals surface area contributed by atoms with Gasteiger partial charge in [-0.2, -0.15) is 0 Å². The Kier molecular flexibility index (Phi) is 4.87. The van der Waals surface area contributed by atoms with Crippen molar-refractivity contribution >= 4 is 33.4 Å². The summed E-state index contributed by atoms with van der Waals surface area (Å²) >= 11 is 1.43. The Bertz CT molecular complexity index is 643. The second-order valence-corrected chi connectivity index (χ2v) is 8.15. The standard InChI is InChI=1S/C17H25N5O2S/c23-14-9-5-11-22(14)17-20-19-16(25-17)21-10-4-8-13(21)15(24)18-12-6-2-1-3-7-12/h12-13H,1-11H2,(H,18,24)/t13-/m0/s1. The zero-order valence-electron chi connectivity index (χ0n) is 14.4. The van der Waals surface area contributed by atoms with Gasteiger partial charge in [-0.05, 0) is 32.1 Å². The molecule has 25 heavy (non-hydrogen) atoms. The fourth-order valence-corrected chi connectivity index (χ4v) is 5.06. The molecule has 136 valence electrons. The molecule has 2 saturated heterocycles. The van der Waals surface area contributed by atoms with Gasteiger partial charge < -0.3 is 10.2 Å². The van der Waals surface area contributed by atoms with E-state index in [1.807, 2.05) is 0 Å². The molecule has 4 rings (SSSR count). The van der Waals surface area contributed by atoms with Crippen LogP contribution in [0.3, 0.4) is 0 Å². The van der Waals surface area contributed by atoms with Gasteiger partial charge in [0.15, 0.2) is 0 Å². The zero-order valence-corrected chi connectivity index (χ0v) is 15.3. The molecular formula is C17H25N5O2S. The highest BCUT2D eigenvalue weighted by atomic mass is 32.1. The van der Waals surface area contributed by atoms with E-state index < -0.39 is 0 Å². The Balaban J connectivity index is 1.43. The van der Waals surface area contributed by atoms with Crippen molar-refractivity contribution in [1.29, 1.82) is 0 Å². The number of anilines is 2. The molecule has 2 aliphatic heterocycles. The van der Waals surface area contributed by atoms with E-state index in [0.717, 1.165) is 50.3 Å². The van der Waals surface area contributed by atoms with Crippen LogP contribution < -0.4 is 15.1 Å². The summed E-state index contributed by atoms with van der Waals surface area (Å²) in [5.41, 5.74) is 0. The fourth-order valence-electron chi connectivity index (χ4n) is 4.10. The topological polar surface area (TPSA) is 78.4 Å². The summed E-state index contributed by atoms with van der Waals surface area (Å²) in [5.74, 6) is 0.245. The van der Waals surface area contributed by atoms with E-state index in [1.165, 1.54) is 30.6 Å². The van der Waals surface area contributed by atoms with Gasteiger partial charge >= 0.3 is 0 Å². The Morgan fingerprint density at radius 2 is 1.80 bits per heavy atom. The van der Waals surface area contributed by atoms with Gasteiger partial charge in [-0.3, -0.25) is 14.5 Å². The minimum atomic E-state index is -0.156. The Hall–Kier alpha value is -1.70. The van der Waals surface area contributed by atoms with E-state index >= 15 is 0 Å². The molecule has 1 aliphatic carbocycles. The van der Waals surface area contributed by atoms with Crippen molar-refractivity contribution in [3.8, 4) is 0 Å². The van der Waals surface area contributed by atoms with Crippen molar-refractivity contribution in [3.63, 3.8) is 0 Å². The summed E-state index contributed by atoms with van der Waals surface area (Å²) in [4.78, 5) is 28.4. The average molecular weight is 363 g/mol. The maximum absolute atomic E-state index is 12.8. The first kappa shape index (κ1) is 16.8. The number of carbonyl (C=O) groups excluding carboxylic acids is 2. The largest absolute Gasteiger partial charge is 0.352 e.